The monoisotopic (exact) mass is 482 g/mol. The third kappa shape index (κ3) is 6.39. The van der Waals surface area contributed by atoms with Crippen LogP contribution in [0.1, 0.15) is 44.4 Å². The van der Waals surface area contributed by atoms with Crippen molar-refractivity contribution in [3.05, 3.63) is 47.2 Å². The zero-order valence-electron chi connectivity index (χ0n) is 20.9. The summed E-state index contributed by atoms with van der Waals surface area (Å²) in [5.74, 6) is 1.08. The number of hydrogen-bond donors (Lipinski definition) is 1. The van der Waals surface area contributed by atoms with Crippen molar-refractivity contribution in [1.29, 1.82) is 0 Å². The molecule has 1 aromatic heterocycles. The number of aromatic nitrogens is 2. The molecule has 1 fully saturated rings. The van der Waals surface area contributed by atoms with Gasteiger partial charge in [0.2, 0.25) is 5.95 Å². The first-order valence-corrected chi connectivity index (χ1v) is 12.0. The second-order valence-electron chi connectivity index (χ2n) is 9.75. The minimum absolute atomic E-state index is 0.197. The lowest BCUT2D eigenvalue weighted by Gasteiger charge is -2.35. The molecule has 10 nitrogen and oxygen atoms in total. The predicted molar refractivity (Wildman–Crippen MR) is 132 cm³/mol. The number of carbonyl (C=O) groups is 2. The van der Waals surface area contributed by atoms with Gasteiger partial charge in [-0.05, 0) is 38.8 Å². The Kier molecular flexibility index (Phi) is 7.39. The van der Waals surface area contributed by atoms with E-state index in [-0.39, 0.29) is 18.8 Å². The second-order valence-corrected chi connectivity index (χ2v) is 9.75. The number of rotatable bonds is 6. The summed E-state index contributed by atoms with van der Waals surface area (Å²) in [4.78, 5) is 38.7. The summed E-state index contributed by atoms with van der Waals surface area (Å²) < 4.78 is 10.6. The molecule has 0 bridgehead atoms. The van der Waals surface area contributed by atoms with Gasteiger partial charge in [-0.15, -0.1) is 0 Å². The fraction of sp³-hybridized carbons (Fsp3) is 0.520. The van der Waals surface area contributed by atoms with Crippen LogP contribution in [-0.4, -0.2) is 70.3 Å². The van der Waals surface area contributed by atoms with Crippen LogP contribution in [-0.2, 0) is 29.2 Å². The van der Waals surface area contributed by atoms with Crippen molar-refractivity contribution in [3.63, 3.8) is 0 Å². The molecular formula is C25H34N6O4. The molecule has 0 saturated carbocycles. The summed E-state index contributed by atoms with van der Waals surface area (Å²) in [6, 6.07) is 8.43. The number of amides is 2. The highest BCUT2D eigenvalue weighted by atomic mass is 16.6. The summed E-state index contributed by atoms with van der Waals surface area (Å²) in [7, 11) is 0. The fourth-order valence-electron chi connectivity index (χ4n) is 4.02. The van der Waals surface area contributed by atoms with Gasteiger partial charge in [-0.1, -0.05) is 24.3 Å². The van der Waals surface area contributed by atoms with Crippen LogP contribution in [0.3, 0.4) is 0 Å². The molecule has 2 aliphatic rings. The van der Waals surface area contributed by atoms with Gasteiger partial charge >= 0.3 is 12.2 Å². The summed E-state index contributed by atoms with van der Waals surface area (Å²) >= 11 is 0. The molecule has 1 aromatic carbocycles. The summed E-state index contributed by atoms with van der Waals surface area (Å²) in [6.07, 6.45) is 1.08. The third-order valence-corrected chi connectivity index (χ3v) is 5.89. The third-order valence-electron chi connectivity index (χ3n) is 5.89. The zero-order valence-corrected chi connectivity index (χ0v) is 20.9. The minimum atomic E-state index is -0.472. The topological polar surface area (TPSA) is 100 Å². The fourth-order valence-corrected chi connectivity index (χ4v) is 4.02. The molecule has 10 heteroatoms. The Labute approximate surface area is 206 Å². The van der Waals surface area contributed by atoms with Crippen LogP contribution in [0.15, 0.2) is 30.5 Å². The van der Waals surface area contributed by atoms with E-state index in [1.54, 1.807) is 11.1 Å². The highest BCUT2D eigenvalue weighted by Gasteiger charge is 2.27. The van der Waals surface area contributed by atoms with Crippen LogP contribution in [0.2, 0.25) is 0 Å². The van der Waals surface area contributed by atoms with Crippen LogP contribution < -0.4 is 10.2 Å². The number of piperazine rings is 1. The van der Waals surface area contributed by atoms with Crippen molar-refractivity contribution in [2.24, 2.45) is 0 Å². The van der Waals surface area contributed by atoms with Crippen molar-refractivity contribution in [2.45, 2.75) is 53.0 Å². The first kappa shape index (κ1) is 24.7. The molecule has 188 valence electrons. The van der Waals surface area contributed by atoms with Crippen LogP contribution >= 0.6 is 0 Å². The lowest BCUT2D eigenvalue weighted by atomic mass is 10.1. The largest absolute Gasteiger partial charge is 0.444 e. The van der Waals surface area contributed by atoms with Crippen LogP contribution in [0.25, 0.3) is 0 Å². The average molecular weight is 483 g/mol. The van der Waals surface area contributed by atoms with Gasteiger partial charge < -0.3 is 19.7 Å². The van der Waals surface area contributed by atoms with Crippen molar-refractivity contribution >= 4 is 24.0 Å². The molecular weight excluding hydrogens is 448 g/mol. The second kappa shape index (κ2) is 10.5. The van der Waals surface area contributed by atoms with Crippen molar-refractivity contribution < 1.29 is 19.1 Å². The number of hydrogen-bond acceptors (Lipinski definition) is 8. The maximum absolute atomic E-state index is 12.2. The van der Waals surface area contributed by atoms with E-state index in [0.717, 1.165) is 30.8 Å². The highest BCUT2D eigenvalue weighted by molar-refractivity contribution is 5.89. The normalized spacial score (nSPS) is 16.5. The van der Waals surface area contributed by atoms with Gasteiger partial charge in [0.25, 0.3) is 0 Å². The van der Waals surface area contributed by atoms with E-state index >= 15 is 0 Å². The number of ether oxygens (including phenoxy) is 2. The Morgan fingerprint density at radius 3 is 2.46 bits per heavy atom. The molecule has 1 N–H and O–H groups in total. The van der Waals surface area contributed by atoms with E-state index in [1.165, 1.54) is 10.5 Å². The molecule has 1 saturated heterocycles. The van der Waals surface area contributed by atoms with Crippen LogP contribution in [0, 0.1) is 0 Å². The summed E-state index contributed by atoms with van der Waals surface area (Å²) in [6.45, 7) is 12.6. The molecule has 0 atom stereocenters. The lowest BCUT2D eigenvalue weighted by molar-refractivity contribution is 0.0139. The summed E-state index contributed by atoms with van der Waals surface area (Å²) in [5, 5.41) is 3.24. The quantitative estimate of drug-likeness (QED) is 0.666. The molecule has 2 aromatic rings. The maximum Gasteiger partial charge on any atom is 0.415 e. The highest BCUT2D eigenvalue weighted by Crippen LogP contribution is 2.25. The van der Waals surface area contributed by atoms with E-state index in [0.29, 0.717) is 37.9 Å². The van der Waals surface area contributed by atoms with E-state index < -0.39 is 5.60 Å². The van der Waals surface area contributed by atoms with Crippen LogP contribution in [0.5, 0.6) is 0 Å². The van der Waals surface area contributed by atoms with Crippen molar-refractivity contribution in [2.75, 3.05) is 42.9 Å². The first-order chi connectivity index (χ1) is 16.7. The molecule has 35 heavy (non-hydrogen) atoms. The number of nitrogens with one attached hydrogen (secondary N) is 1. The number of cyclic esters (lactones) is 1. The van der Waals surface area contributed by atoms with Gasteiger partial charge in [-0.3, -0.25) is 9.80 Å². The molecule has 0 spiro atoms. The maximum atomic E-state index is 12.2. The molecule has 4 rings (SSSR count). The molecule has 2 amide bonds. The lowest BCUT2D eigenvalue weighted by Crippen LogP contribution is -2.49. The number of carbonyl (C=O) groups excluding carboxylic acids is 2. The van der Waals surface area contributed by atoms with E-state index in [1.807, 2.05) is 27.7 Å². The standard InChI is InChI=1S/C25H34N6O4/c1-5-31-21-20(17-34-24(31)33)15-27-22(28-21)26-14-18-6-8-19(9-7-18)16-29-10-12-30(13-11-29)23(32)35-25(2,3)4/h6-9,15H,5,10-14,16-17H2,1-4H3,(H,26,27,28). The van der Waals surface area contributed by atoms with Gasteiger partial charge in [-0.2, -0.15) is 4.98 Å². The van der Waals surface area contributed by atoms with E-state index in [9.17, 15) is 9.59 Å². The van der Waals surface area contributed by atoms with Gasteiger partial charge in [0, 0.05) is 52.0 Å². The first-order valence-electron chi connectivity index (χ1n) is 12.0. The predicted octanol–water partition coefficient (Wildman–Crippen LogP) is 3.62. The molecule has 0 radical (unpaired) electrons. The molecule has 2 aliphatic heterocycles. The smallest absolute Gasteiger partial charge is 0.415 e. The Morgan fingerprint density at radius 2 is 1.80 bits per heavy atom. The molecule has 3 heterocycles. The van der Waals surface area contributed by atoms with Gasteiger partial charge in [-0.25, -0.2) is 14.6 Å². The number of anilines is 2. The Balaban J connectivity index is 1.26. The van der Waals surface area contributed by atoms with E-state index in [4.69, 9.17) is 9.47 Å². The number of nitrogens with zero attached hydrogens (tertiary/aromatic N) is 5. The summed E-state index contributed by atoms with van der Waals surface area (Å²) in [5.41, 5.74) is 2.66. The Morgan fingerprint density at radius 1 is 1.11 bits per heavy atom. The number of benzene rings is 1. The van der Waals surface area contributed by atoms with Crippen molar-refractivity contribution in [3.8, 4) is 0 Å². The molecule has 0 unspecified atom stereocenters. The van der Waals surface area contributed by atoms with Crippen molar-refractivity contribution in [1.82, 2.24) is 19.8 Å². The Hall–Kier alpha value is -3.40. The van der Waals surface area contributed by atoms with E-state index in [2.05, 4.69) is 44.5 Å². The zero-order chi connectivity index (χ0) is 25.0. The van der Waals surface area contributed by atoms with Crippen LogP contribution in [0.4, 0.5) is 21.4 Å². The molecule has 0 aliphatic carbocycles. The Bertz CT molecular complexity index is 1040. The SMILES string of the molecule is CCN1C(=O)OCc2cnc(NCc3ccc(CN4CCN(C(=O)OC(C)(C)C)CC4)cc3)nc21. The minimum Gasteiger partial charge on any atom is -0.444 e. The average Bonchev–Trinajstić information content (AvgIpc) is 2.83. The van der Waals surface area contributed by atoms with Gasteiger partial charge in [0.15, 0.2) is 0 Å². The van der Waals surface area contributed by atoms with Gasteiger partial charge in [0.05, 0.1) is 5.56 Å². The number of fused-ring (bicyclic) bond motifs is 1. The van der Waals surface area contributed by atoms with Gasteiger partial charge in [0.1, 0.15) is 18.0 Å².